The van der Waals surface area contributed by atoms with Crippen LogP contribution in [0.3, 0.4) is 0 Å². The molecule has 0 radical (unpaired) electrons. The molecule has 1 aliphatic heterocycles. The van der Waals surface area contributed by atoms with Crippen LogP contribution in [0, 0.1) is 0 Å². The molecule has 0 spiro atoms. The van der Waals surface area contributed by atoms with Gasteiger partial charge in [0.15, 0.2) is 0 Å². The summed E-state index contributed by atoms with van der Waals surface area (Å²) in [5.74, 6) is 0.668. The molecule has 1 heterocycles. The first-order chi connectivity index (χ1) is 5.29. The van der Waals surface area contributed by atoms with E-state index in [9.17, 15) is 0 Å². The first kappa shape index (κ1) is 12.0. The quantitative estimate of drug-likeness (QED) is 0.259. The average Bonchev–Trinajstić information content (AvgIpc) is 2.50. The van der Waals surface area contributed by atoms with Crippen LogP contribution in [0.4, 0.5) is 0 Å². The van der Waals surface area contributed by atoms with Gasteiger partial charge in [0.05, 0.1) is 20.2 Å². The third-order valence-electron chi connectivity index (χ3n) is 2.15. The smallest absolute Gasteiger partial charge is 0.343 e. The summed E-state index contributed by atoms with van der Waals surface area (Å²) < 4.78 is 2.01. The van der Waals surface area contributed by atoms with E-state index in [1.165, 1.54) is 0 Å². The predicted octanol–water partition coefficient (Wildman–Crippen LogP) is -4.31. The molecule has 1 saturated heterocycles. The fourth-order valence-corrected chi connectivity index (χ4v) is 1.49. The molecular weight excluding hydrogens is 269 g/mol. The molecule has 0 saturated carbocycles. The van der Waals surface area contributed by atoms with E-state index in [0.29, 0.717) is 5.96 Å². The molecule has 72 valence electrons. The third-order valence-corrected chi connectivity index (χ3v) is 2.15. The predicted molar refractivity (Wildman–Crippen MR) is 43.5 cm³/mol. The highest BCUT2D eigenvalue weighted by Crippen LogP contribution is 2.10. The Morgan fingerprint density at radius 1 is 1.75 bits per heavy atom. The van der Waals surface area contributed by atoms with Crippen molar-refractivity contribution in [3.05, 3.63) is 0 Å². The highest BCUT2D eigenvalue weighted by Gasteiger charge is 2.24. The van der Waals surface area contributed by atoms with Crippen molar-refractivity contribution in [1.82, 2.24) is 5.32 Å². The highest BCUT2D eigenvalue weighted by molar-refractivity contribution is 5.72. The van der Waals surface area contributed by atoms with Gasteiger partial charge in [-0.05, 0) is 12.8 Å². The summed E-state index contributed by atoms with van der Waals surface area (Å²) >= 11 is 0. The molecule has 1 atom stereocenters. The topological polar surface area (TPSA) is 61.3 Å². The summed E-state index contributed by atoms with van der Waals surface area (Å²) in [6.07, 6.45) is 2.16. The van der Waals surface area contributed by atoms with Crippen molar-refractivity contribution in [2.24, 2.45) is 5.73 Å². The summed E-state index contributed by atoms with van der Waals surface area (Å²) in [5, 5.41) is 11.8. The van der Waals surface area contributed by atoms with Gasteiger partial charge >= 0.3 is 5.96 Å². The standard InChI is InChI=1S/C7H15N3O.HI/c1-9-7(8)10-4-2-3-6(10)5-11;/h6,11H,2-5H2,1H3,(H2,8,9);1H. The lowest BCUT2D eigenvalue weighted by Crippen LogP contribution is -3.00. The van der Waals surface area contributed by atoms with Crippen molar-refractivity contribution in [3.8, 4) is 0 Å². The maximum atomic E-state index is 8.94. The van der Waals surface area contributed by atoms with Gasteiger partial charge in [-0.1, -0.05) is 0 Å². The Morgan fingerprint density at radius 3 is 2.92 bits per heavy atom. The number of aliphatic hydroxyl groups is 1. The van der Waals surface area contributed by atoms with Crippen molar-refractivity contribution in [2.75, 3.05) is 20.2 Å². The molecule has 0 aliphatic carbocycles. The zero-order chi connectivity index (χ0) is 8.27. The maximum absolute atomic E-state index is 8.94. The van der Waals surface area contributed by atoms with Crippen molar-refractivity contribution in [2.45, 2.75) is 18.9 Å². The first-order valence-corrected chi connectivity index (χ1v) is 3.97. The number of hydrogen-bond donors (Lipinski definition) is 3. The zero-order valence-electron chi connectivity index (χ0n) is 7.26. The minimum atomic E-state index is 0. The number of nitrogens with two attached hydrogens (primary N) is 1. The molecule has 0 aromatic rings. The van der Waals surface area contributed by atoms with Gasteiger partial charge in [0.2, 0.25) is 0 Å². The number of nitrogens with one attached hydrogen (secondary N) is 1. The van der Waals surface area contributed by atoms with Gasteiger partial charge in [-0.3, -0.25) is 15.6 Å². The Hall–Kier alpha value is -0.0400. The minimum Gasteiger partial charge on any atom is -1.00 e. The molecule has 4 nitrogen and oxygen atoms in total. The van der Waals surface area contributed by atoms with E-state index in [1.807, 2.05) is 4.58 Å². The van der Waals surface area contributed by atoms with Gasteiger partial charge in [-0.15, -0.1) is 0 Å². The Balaban J connectivity index is 0.00000121. The Kier molecular flexibility index (Phi) is 5.56. The lowest BCUT2D eigenvalue weighted by molar-refractivity contribution is -0.549. The van der Waals surface area contributed by atoms with E-state index in [4.69, 9.17) is 10.8 Å². The fourth-order valence-electron chi connectivity index (χ4n) is 1.49. The number of rotatable bonds is 1. The van der Waals surface area contributed by atoms with Crippen LogP contribution >= 0.6 is 0 Å². The third kappa shape index (κ3) is 2.48. The molecule has 1 unspecified atom stereocenters. The number of hydrogen-bond acceptors (Lipinski definition) is 1. The molecule has 12 heavy (non-hydrogen) atoms. The number of aliphatic hydroxyl groups excluding tert-OH is 1. The van der Waals surface area contributed by atoms with E-state index in [0.717, 1.165) is 19.4 Å². The van der Waals surface area contributed by atoms with Crippen LogP contribution < -0.4 is 35.0 Å². The van der Waals surface area contributed by atoms with Gasteiger partial charge in [0, 0.05) is 0 Å². The van der Waals surface area contributed by atoms with E-state index in [1.54, 1.807) is 7.05 Å². The summed E-state index contributed by atoms with van der Waals surface area (Å²) in [5.41, 5.74) is 5.66. The van der Waals surface area contributed by atoms with Crippen molar-refractivity contribution in [3.63, 3.8) is 0 Å². The van der Waals surface area contributed by atoms with Crippen molar-refractivity contribution in [1.29, 1.82) is 0 Å². The molecule has 1 fully saturated rings. The largest absolute Gasteiger partial charge is 1.00 e. The zero-order valence-corrected chi connectivity index (χ0v) is 9.41. The summed E-state index contributed by atoms with van der Waals surface area (Å²) in [4.78, 5) is 0. The number of halogens is 1. The van der Waals surface area contributed by atoms with E-state index < -0.39 is 0 Å². The molecule has 1 aliphatic rings. The Labute approximate surface area is 89.9 Å². The molecule has 0 bridgehead atoms. The van der Waals surface area contributed by atoms with Gasteiger partial charge in [-0.2, -0.15) is 0 Å². The second kappa shape index (κ2) is 5.58. The molecule has 5 heteroatoms. The average molecular weight is 285 g/mol. The van der Waals surface area contributed by atoms with Crippen LogP contribution in [-0.2, 0) is 0 Å². The Bertz CT molecular complexity index is 172. The summed E-state index contributed by atoms with van der Waals surface area (Å²) in [6, 6.07) is 0.224. The van der Waals surface area contributed by atoms with Gasteiger partial charge in [0.1, 0.15) is 6.04 Å². The maximum Gasteiger partial charge on any atom is 0.343 e. The lowest BCUT2D eigenvalue weighted by Gasteiger charge is -2.09. The van der Waals surface area contributed by atoms with Gasteiger partial charge < -0.3 is 29.1 Å². The van der Waals surface area contributed by atoms with E-state index in [2.05, 4.69) is 5.32 Å². The van der Waals surface area contributed by atoms with E-state index in [-0.39, 0.29) is 36.6 Å². The summed E-state index contributed by atoms with van der Waals surface area (Å²) in [7, 11) is 1.79. The van der Waals surface area contributed by atoms with Crippen LogP contribution in [0.15, 0.2) is 0 Å². The van der Waals surface area contributed by atoms with Crippen LogP contribution in [0.25, 0.3) is 0 Å². The highest BCUT2D eigenvalue weighted by atomic mass is 127. The molecule has 0 aromatic heterocycles. The van der Waals surface area contributed by atoms with E-state index >= 15 is 0 Å². The summed E-state index contributed by atoms with van der Waals surface area (Å²) in [6.45, 7) is 1.15. The van der Waals surface area contributed by atoms with Crippen molar-refractivity contribution >= 4 is 5.96 Å². The van der Waals surface area contributed by atoms with Gasteiger partial charge in [0.25, 0.3) is 0 Å². The van der Waals surface area contributed by atoms with Crippen LogP contribution in [0.2, 0.25) is 0 Å². The molecule has 4 N–H and O–H groups in total. The first-order valence-electron chi connectivity index (χ1n) is 3.97. The molecular formula is C7H16IN3O. The number of nitrogens with zero attached hydrogens (tertiary/aromatic N) is 1. The molecule has 1 rings (SSSR count). The fraction of sp³-hybridized carbons (Fsp3) is 0.857. The Morgan fingerprint density at radius 2 is 2.42 bits per heavy atom. The monoisotopic (exact) mass is 285 g/mol. The van der Waals surface area contributed by atoms with Gasteiger partial charge in [-0.25, -0.2) is 0 Å². The normalized spacial score (nSPS) is 26.3. The van der Waals surface area contributed by atoms with Crippen LogP contribution in [0.1, 0.15) is 12.8 Å². The van der Waals surface area contributed by atoms with Crippen LogP contribution in [0.5, 0.6) is 0 Å². The lowest BCUT2D eigenvalue weighted by atomic mass is 10.2. The van der Waals surface area contributed by atoms with Crippen LogP contribution in [-0.4, -0.2) is 41.9 Å². The molecule has 0 amide bonds. The number of guanidine groups is 1. The minimum absolute atomic E-state index is 0. The second-order valence-electron chi connectivity index (χ2n) is 2.81. The van der Waals surface area contributed by atoms with Crippen molar-refractivity contribution < 1.29 is 33.7 Å². The molecule has 0 aromatic carbocycles. The second-order valence-corrected chi connectivity index (χ2v) is 2.81. The SMILES string of the molecule is CNC(N)=[N+]1CCCC1CO.[I-].